The first-order chi connectivity index (χ1) is 20.6. The van der Waals surface area contributed by atoms with Gasteiger partial charge in [0.2, 0.25) is 5.78 Å². The van der Waals surface area contributed by atoms with Crippen molar-refractivity contribution in [1.82, 2.24) is 4.98 Å². The Hall–Kier alpha value is -4.64. The maximum absolute atomic E-state index is 15.7. The largest absolute Gasteiger partial charge is 0.497 e. The molecule has 0 unspecified atom stereocenters. The summed E-state index contributed by atoms with van der Waals surface area (Å²) in [5.41, 5.74) is 0.0569. The summed E-state index contributed by atoms with van der Waals surface area (Å²) in [4.78, 5) is 30.9. The predicted molar refractivity (Wildman–Crippen MR) is 157 cm³/mol. The molecule has 0 bridgehead atoms. The first-order valence-corrected chi connectivity index (χ1v) is 13.8. The second-order valence-corrected chi connectivity index (χ2v) is 10.4. The van der Waals surface area contributed by atoms with Gasteiger partial charge < -0.3 is 19.1 Å². The molecule has 5 rings (SSSR count). The molecule has 3 aromatic carbocycles. The molecular formula is C32H31F2N3O6. The van der Waals surface area contributed by atoms with Gasteiger partial charge in [0.15, 0.2) is 0 Å². The smallest absolute Gasteiger partial charge is 0.334 e. The van der Waals surface area contributed by atoms with Crippen molar-refractivity contribution in [2.75, 3.05) is 25.7 Å². The van der Waals surface area contributed by atoms with Crippen LogP contribution in [0.3, 0.4) is 0 Å². The van der Waals surface area contributed by atoms with Crippen molar-refractivity contribution in [3.05, 3.63) is 99.7 Å². The molecule has 1 aromatic heterocycles. The summed E-state index contributed by atoms with van der Waals surface area (Å²) in [6.45, 7) is 2.51. The van der Waals surface area contributed by atoms with Crippen LogP contribution in [0.25, 0.3) is 10.9 Å². The van der Waals surface area contributed by atoms with E-state index in [0.717, 1.165) is 18.3 Å². The highest BCUT2D eigenvalue weighted by molar-refractivity contribution is 6.03. The lowest BCUT2D eigenvalue weighted by Gasteiger charge is -2.38. The molecule has 1 saturated heterocycles. The molecule has 1 aliphatic rings. The van der Waals surface area contributed by atoms with E-state index < -0.39 is 22.2 Å². The van der Waals surface area contributed by atoms with Gasteiger partial charge in [0.25, 0.3) is 0 Å². The van der Waals surface area contributed by atoms with Crippen LogP contribution in [0.4, 0.5) is 20.2 Å². The van der Waals surface area contributed by atoms with Gasteiger partial charge in [-0.1, -0.05) is 36.4 Å². The summed E-state index contributed by atoms with van der Waals surface area (Å²) in [7, 11) is 3.05. The molecule has 0 aliphatic carbocycles. The number of aromatic nitrogens is 1. The number of nitro groups is 1. The number of hydrogen-bond donors (Lipinski definition) is 0. The summed E-state index contributed by atoms with van der Waals surface area (Å²) in [6, 6.07) is 16.0. The average molecular weight is 592 g/mol. The van der Waals surface area contributed by atoms with Crippen LogP contribution in [0.15, 0.2) is 72.9 Å². The van der Waals surface area contributed by atoms with Gasteiger partial charge in [-0.15, -0.1) is 0 Å². The Morgan fingerprint density at radius 1 is 1.12 bits per heavy atom. The van der Waals surface area contributed by atoms with E-state index >= 15 is 8.78 Å². The topological polar surface area (TPSA) is 104 Å². The number of nitrogens with zero attached hydrogens (tertiary/aromatic N) is 3. The van der Waals surface area contributed by atoms with Crippen LogP contribution in [-0.2, 0) is 17.2 Å². The fourth-order valence-electron chi connectivity index (χ4n) is 5.51. The highest BCUT2D eigenvalue weighted by atomic mass is 19.3. The summed E-state index contributed by atoms with van der Waals surface area (Å²) in [5, 5.41) is 12.6. The molecule has 43 heavy (non-hydrogen) atoms. The molecule has 0 radical (unpaired) electrons. The fraction of sp³-hybridized carbons (Fsp3) is 0.312. The van der Waals surface area contributed by atoms with E-state index in [1.165, 1.54) is 44.6 Å². The Morgan fingerprint density at radius 2 is 1.88 bits per heavy atom. The predicted octanol–water partition coefficient (Wildman–Crippen LogP) is 6.71. The third kappa shape index (κ3) is 5.98. The Labute approximate surface area is 247 Å². The number of anilines is 1. The van der Waals surface area contributed by atoms with E-state index in [1.807, 2.05) is 11.8 Å². The maximum Gasteiger partial charge on any atom is 0.334 e. The van der Waals surface area contributed by atoms with E-state index in [1.54, 1.807) is 24.3 Å². The minimum atomic E-state index is -3.89. The zero-order chi connectivity index (χ0) is 30.7. The molecule has 4 aromatic rings. The number of pyridine rings is 1. The van der Waals surface area contributed by atoms with Crippen molar-refractivity contribution in [3.8, 4) is 11.5 Å². The highest BCUT2D eigenvalue weighted by Crippen LogP contribution is 2.42. The van der Waals surface area contributed by atoms with Crippen molar-refractivity contribution >= 4 is 28.1 Å². The standard InChI is InChI=1S/C32H31F2N3O6/c1-20-15-24(13-14-43-20)36(19-22-9-11-25(41-2)17-29(22)42-3)30-26-16-23(10-12-27(26)35-18-28(30)37(39)40)32(33,34)31(38)21-7-5-4-6-8-21/h4-12,16-18,20,24H,13-15,19H2,1-3H3/t20-,24-/m1/s1. The SMILES string of the molecule is COc1ccc(CN(c2c([N+](=O)[O-])cnc3ccc(C(F)(F)C(=O)c4ccccc4)cc23)[C@@H]2CCO[C@H](C)C2)c(OC)c1. The summed E-state index contributed by atoms with van der Waals surface area (Å²) in [6.07, 6.45) is 2.11. The van der Waals surface area contributed by atoms with Gasteiger partial charge in [0.1, 0.15) is 23.4 Å². The van der Waals surface area contributed by atoms with Gasteiger partial charge in [0.05, 0.1) is 30.8 Å². The third-order valence-electron chi connectivity index (χ3n) is 7.72. The molecule has 0 N–H and O–H groups in total. The fourth-order valence-corrected chi connectivity index (χ4v) is 5.51. The molecule has 2 atom stereocenters. The Balaban J connectivity index is 1.71. The number of benzene rings is 3. The van der Waals surface area contributed by atoms with Gasteiger partial charge >= 0.3 is 11.6 Å². The third-order valence-corrected chi connectivity index (χ3v) is 7.72. The molecular weight excluding hydrogens is 560 g/mol. The summed E-state index contributed by atoms with van der Waals surface area (Å²) >= 11 is 0. The van der Waals surface area contributed by atoms with Gasteiger partial charge in [-0.2, -0.15) is 8.78 Å². The number of carbonyl (C=O) groups is 1. The van der Waals surface area contributed by atoms with Crippen molar-refractivity contribution < 1.29 is 32.7 Å². The molecule has 0 saturated carbocycles. The zero-order valence-electron chi connectivity index (χ0n) is 24.0. The molecule has 224 valence electrons. The van der Waals surface area contributed by atoms with E-state index in [9.17, 15) is 14.9 Å². The molecule has 0 amide bonds. The monoisotopic (exact) mass is 591 g/mol. The van der Waals surface area contributed by atoms with Crippen molar-refractivity contribution in [2.24, 2.45) is 0 Å². The van der Waals surface area contributed by atoms with Gasteiger partial charge in [-0.05, 0) is 44.0 Å². The van der Waals surface area contributed by atoms with Crippen LogP contribution in [-0.4, -0.2) is 48.7 Å². The Morgan fingerprint density at radius 3 is 2.56 bits per heavy atom. The first-order valence-electron chi connectivity index (χ1n) is 13.8. The molecule has 1 aliphatic heterocycles. The summed E-state index contributed by atoms with van der Waals surface area (Å²) in [5.74, 6) is -4.19. The minimum absolute atomic E-state index is 0.130. The number of hydrogen-bond acceptors (Lipinski definition) is 8. The van der Waals surface area contributed by atoms with Crippen LogP contribution >= 0.6 is 0 Å². The van der Waals surface area contributed by atoms with Crippen molar-refractivity contribution in [2.45, 2.75) is 44.4 Å². The van der Waals surface area contributed by atoms with E-state index in [0.29, 0.717) is 36.5 Å². The first kappa shape index (κ1) is 29.8. The number of alkyl halides is 2. The number of fused-ring (bicyclic) bond motifs is 1. The summed E-state index contributed by atoms with van der Waals surface area (Å²) < 4.78 is 48.1. The van der Waals surface area contributed by atoms with Crippen LogP contribution < -0.4 is 14.4 Å². The molecule has 11 heteroatoms. The second kappa shape index (κ2) is 12.3. The molecule has 1 fully saturated rings. The number of rotatable bonds is 10. The Kier molecular flexibility index (Phi) is 8.54. The lowest BCUT2D eigenvalue weighted by atomic mass is 9.95. The average Bonchev–Trinajstić information content (AvgIpc) is 3.02. The normalized spacial score (nSPS) is 17.0. The zero-order valence-corrected chi connectivity index (χ0v) is 24.0. The Bertz CT molecular complexity index is 1650. The van der Waals surface area contributed by atoms with Gasteiger partial charge in [-0.25, -0.2) is 4.98 Å². The molecule has 0 spiro atoms. The van der Waals surface area contributed by atoms with Gasteiger partial charge in [-0.3, -0.25) is 14.9 Å². The quantitative estimate of drug-likeness (QED) is 0.114. The minimum Gasteiger partial charge on any atom is -0.497 e. The van der Waals surface area contributed by atoms with Gasteiger partial charge in [0, 0.05) is 47.3 Å². The number of halogens is 2. The lowest BCUT2D eigenvalue weighted by molar-refractivity contribution is -0.384. The number of ketones is 1. The van der Waals surface area contributed by atoms with Crippen LogP contribution in [0, 0.1) is 10.1 Å². The molecule has 9 nitrogen and oxygen atoms in total. The van der Waals surface area contributed by atoms with E-state index in [4.69, 9.17) is 14.2 Å². The highest BCUT2D eigenvalue weighted by Gasteiger charge is 2.42. The van der Waals surface area contributed by atoms with E-state index in [-0.39, 0.29) is 46.5 Å². The van der Waals surface area contributed by atoms with Crippen molar-refractivity contribution in [3.63, 3.8) is 0 Å². The van der Waals surface area contributed by atoms with Crippen LogP contribution in [0.5, 0.6) is 11.5 Å². The second-order valence-electron chi connectivity index (χ2n) is 10.4. The van der Waals surface area contributed by atoms with E-state index in [2.05, 4.69) is 4.98 Å². The number of Topliss-reactive ketones (excluding diaryl/α,β-unsaturated/α-hetero) is 1. The van der Waals surface area contributed by atoms with Crippen LogP contribution in [0.2, 0.25) is 0 Å². The lowest BCUT2D eigenvalue weighted by Crippen LogP contribution is -2.42. The molecule has 2 heterocycles. The number of carbonyl (C=O) groups excluding carboxylic acids is 1. The number of methoxy groups -OCH3 is 2. The number of ether oxygens (including phenoxy) is 3. The van der Waals surface area contributed by atoms with Crippen LogP contribution in [0.1, 0.15) is 41.3 Å². The van der Waals surface area contributed by atoms with Crippen molar-refractivity contribution in [1.29, 1.82) is 0 Å². The maximum atomic E-state index is 15.7.